The molecule has 0 spiro atoms. The van der Waals surface area contributed by atoms with E-state index in [4.69, 9.17) is 0 Å². The lowest BCUT2D eigenvalue weighted by Gasteiger charge is -2.38. The van der Waals surface area contributed by atoms with Crippen molar-refractivity contribution < 1.29 is 14.4 Å². The van der Waals surface area contributed by atoms with Gasteiger partial charge in [0.05, 0.1) is 6.04 Å². The molecule has 2 aliphatic rings. The maximum Gasteiger partial charge on any atom is 0.245 e. The van der Waals surface area contributed by atoms with Gasteiger partial charge < -0.3 is 10.2 Å². The molecule has 5 heteroatoms. The van der Waals surface area contributed by atoms with Gasteiger partial charge in [0, 0.05) is 23.1 Å². The Balaban J connectivity index is 1.54. The summed E-state index contributed by atoms with van der Waals surface area (Å²) in [7, 11) is 0. The topological polar surface area (TPSA) is 66.5 Å². The second-order valence-electron chi connectivity index (χ2n) is 8.76. The minimum Gasteiger partial charge on any atom is -0.344 e. The van der Waals surface area contributed by atoms with E-state index in [1.165, 1.54) is 0 Å². The van der Waals surface area contributed by atoms with Crippen molar-refractivity contribution in [1.29, 1.82) is 0 Å². The lowest BCUT2D eigenvalue weighted by molar-refractivity contribution is -0.142. The molecule has 2 aromatic carbocycles. The molecular weight excluding hydrogens is 388 g/mol. The first-order chi connectivity index (χ1) is 15.0. The second-order valence-corrected chi connectivity index (χ2v) is 8.76. The molecule has 162 valence electrons. The van der Waals surface area contributed by atoms with E-state index >= 15 is 0 Å². The van der Waals surface area contributed by atoms with Gasteiger partial charge in [0.25, 0.3) is 0 Å². The van der Waals surface area contributed by atoms with Gasteiger partial charge in [-0.3, -0.25) is 14.4 Å². The zero-order valence-corrected chi connectivity index (χ0v) is 18.2. The molecule has 2 heterocycles. The number of hydrogen-bond donors (Lipinski definition) is 1. The van der Waals surface area contributed by atoms with Crippen molar-refractivity contribution in [2.24, 2.45) is 5.92 Å². The number of rotatable bonds is 6. The summed E-state index contributed by atoms with van der Waals surface area (Å²) in [6.07, 6.45) is 4.19. The molecular formula is C26H30N2O3. The SMILES string of the molecule is CCC(C)C(=O)N[C@H]1CC[C@H]2CC[C@@H](c3cccc(C(=O)c4ccccc4)c3)N2C1=O. The lowest BCUT2D eigenvalue weighted by atomic mass is 9.95. The van der Waals surface area contributed by atoms with E-state index in [-0.39, 0.29) is 35.6 Å². The molecule has 0 bridgehead atoms. The average Bonchev–Trinajstić information content (AvgIpc) is 3.25. The van der Waals surface area contributed by atoms with Crippen LogP contribution < -0.4 is 5.32 Å². The van der Waals surface area contributed by atoms with Crippen LogP contribution in [0.3, 0.4) is 0 Å². The fourth-order valence-corrected chi connectivity index (χ4v) is 4.77. The normalized spacial score (nSPS) is 23.9. The summed E-state index contributed by atoms with van der Waals surface area (Å²) in [6.45, 7) is 3.86. The molecule has 2 fully saturated rings. The van der Waals surface area contributed by atoms with Crippen molar-refractivity contribution in [2.45, 2.75) is 64.1 Å². The first kappa shape index (κ1) is 21.3. The molecule has 31 heavy (non-hydrogen) atoms. The fourth-order valence-electron chi connectivity index (χ4n) is 4.77. The van der Waals surface area contributed by atoms with Gasteiger partial charge in [0.1, 0.15) is 6.04 Å². The van der Waals surface area contributed by atoms with Gasteiger partial charge >= 0.3 is 0 Å². The Labute approximate surface area is 183 Å². The number of fused-ring (bicyclic) bond motifs is 1. The smallest absolute Gasteiger partial charge is 0.245 e. The third kappa shape index (κ3) is 4.27. The summed E-state index contributed by atoms with van der Waals surface area (Å²) < 4.78 is 0. The summed E-state index contributed by atoms with van der Waals surface area (Å²) >= 11 is 0. The maximum absolute atomic E-state index is 13.3. The van der Waals surface area contributed by atoms with Gasteiger partial charge in [-0.05, 0) is 43.7 Å². The molecule has 1 unspecified atom stereocenters. The van der Waals surface area contributed by atoms with Crippen molar-refractivity contribution in [3.8, 4) is 0 Å². The van der Waals surface area contributed by atoms with Crippen molar-refractivity contribution >= 4 is 17.6 Å². The van der Waals surface area contributed by atoms with Crippen LogP contribution in [0.2, 0.25) is 0 Å². The number of ketones is 1. The number of nitrogens with one attached hydrogen (secondary N) is 1. The monoisotopic (exact) mass is 418 g/mol. The number of carbonyl (C=O) groups is 3. The number of carbonyl (C=O) groups excluding carboxylic acids is 3. The highest BCUT2D eigenvalue weighted by Gasteiger charge is 2.44. The zero-order valence-electron chi connectivity index (χ0n) is 18.2. The Morgan fingerprint density at radius 3 is 2.45 bits per heavy atom. The second kappa shape index (κ2) is 9.04. The maximum atomic E-state index is 13.3. The molecule has 0 radical (unpaired) electrons. The molecule has 0 aromatic heterocycles. The molecule has 4 rings (SSSR count). The average molecular weight is 419 g/mol. The Hall–Kier alpha value is -2.95. The largest absolute Gasteiger partial charge is 0.344 e. The molecule has 2 aromatic rings. The van der Waals surface area contributed by atoms with Gasteiger partial charge in [-0.25, -0.2) is 0 Å². The van der Waals surface area contributed by atoms with Crippen LogP contribution in [-0.2, 0) is 9.59 Å². The predicted molar refractivity (Wildman–Crippen MR) is 120 cm³/mol. The molecule has 2 amide bonds. The van der Waals surface area contributed by atoms with E-state index in [1.807, 2.05) is 73.3 Å². The quantitative estimate of drug-likeness (QED) is 0.713. The van der Waals surface area contributed by atoms with E-state index in [2.05, 4.69) is 5.32 Å². The lowest BCUT2D eigenvalue weighted by Crippen LogP contribution is -2.55. The highest BCUT2D eigenvalue weighted by Crippen LogP contribution is 2.41. The van der Waals surface area contributed by atoms with Crippen LogP contribution >= 0.6 is 0 Å². The van der Waals surface area contributed by atoms with Crippen LogP contribution in [0.5, 0.6) is 0 Å². The van der Waals surface area contributed by atoms with E-state index < -0.39 is 6.04 Å². The predicted octanol–water partition coefficient (Wildman–Crippen LogP) is 4.27. The van der Waals surface area contributed by atoms with E-state index in [9.17, 15) is 14.4 Å². The molecule has 4 atom stereocenters. The Kier molecular flexibility index (Phi) is 6.21. The number of hydrogen-bond acceptors (Lipinski definition) is 3. The number of piperidine rings is 1. The van der Waals surface area contributed by atoms with Crippen LogP contribution in [0.1, 0.15) is 73.5 Å². The van der Waals surface area contributed by atoms with E-state index in [0.717, 1.165) is 31.2 Å². The third-order valence-electron chi connectivity index (χ3n) is 6.79. The highest BCUT2D eigenvalue weighted by molar-refractivity contribution is 6.09. The minimum atomic E-state index is -0.451. The van der Waals surface area contributed by atoms with E-state index in [1.54, 1.807) is 0 Å². The van der Waals surface area contributed by atoms with Gasteiger partial charge in [-0.1, -0.05) is 62.4 Å². The standard InChI is InChI=1S/C26H30N2O3/c1-3-17(2)25(30)27-22-14-12-21-13-15-23(28(21)26(22)31)19-10-7-11-20(16-19)24(29)18-8-5-4-6-9-18/h4-11,16-17,21-23H,3,12-15H2,1-2H3,(H,27,30)/t17?,21-,22-,23-/m0/s1. The Morgan fingerprint density at radius 2 is 1.71 bits per heavy atom. The third-order valence-corrected chi connectivity index (χ3v) is 6.79. The molecule has 5 nitrogen and oxygen atoms in total. The van der Waals surface area contributed by atoms with Crippen molar-refractivity contribution in [1.82, 2.24) is 10.2 Å². The molecule has 1 N–H and O–H groups in total. The molecule has 2 aliphatic heterocycles. The fraction of sp³-hybridized carbons (Fsp3) is 0.423. The summed E-state index contributed by atoms with van der Waals surface area (Å²) in [6, 6.07) is 16.6. The van der Waals surface area contributed by atoms with Gasteiger partial charge in [0.15, 0.2) is 5.78 Å². The minimum absolute atomic E-state index is 0.00944. The first-order valence-electron chi connectivity index (χ1n) is 11.3. The number of nitrogens with zero attached hydrogens (tertiary/aromatic N) is 1. The highest BCUT2D eigenvalue weighted by atomic mass is 16.2. The Morgan fingerprint density at radius 1 is 1.00 bits per heavy atom. The van der Waals surface area contributed by atoms with Crippen molar-refractivity contribution in [3.63, 3.8) is 0 Å². The van der Waals surface area contributed by atoms with Crippen molar-refractivity contribution in [2.75, 3.05) is 0 Å². The van der Waals surface area contributed by atoms with Crippen LogP contribution in [0.4, 0.5) is 0 Å². The van der Waals surface area contributed by atoms with Gasteiger partial charge in [0.2, 0.25) is 11.8 Å². The first-order valence-corrected chi connectivity index (χ1v) is 11.3. The molecule has 2 saturated heterocycles. The van der Waals surface area contributed by atoms with Crippen molar-refractivity contribution in [3.05, 3.63) is 71.3 Å². The van der Waals surface area contributed by atoms with E-state index in [0.29, 0.717) is 17.5 Å². The van der Waals surface area contributed by atoms with Crippen LogP contribution in [-0.4, -0.2) is 34.6 Å². The number of benzene rings is 2. The van der Waals surface area contributed by atoms with Crippen LogP contribution in [0.25, 0.3) is 0 Å². The Bertz CT molecular complexity index is 972. The van der Waals surface area contributed by atoms with Gasteiger partial charge in [-0.15, -0.1) is 0 Å². The summed E-state index contributed by atoms with van der Waals surface area (Å²) in [5.74, 6) is -0.151. The number of amides is 2. The summed E-state index contributed by atoms with van der Waals surface area (Å²) in [5, 5.41) is 2.97. The van der Waals surface area contributed by atoms with Gasteiger partial charge in [-0.2, -0.15) is 0 Å². The summed E-state index contributed by atoms with van der Waals surface area (Å²) in [4.78, 5) is 40.6. The van der Waals surface area contributed by atoms with Crippen LogP contribution in [0, 0.1) is 5.92 Å². The zero-order chi connectivity index (χ0) is 22.0. The molecule has 0 saturated carbocycles. The van der Waals surface area contributed by atoms with Crippen LogP contribution in [0.15, 0.2) is 54.6 Å². The summed E-state index contributed by atoms with van der Waals surface area (Å²) in [5.41, 5.74) is 2.29. The molecule has 0 aliphatic carbocycles.